The Bertz CT molecular complexity index is 1160. The van der Waals surface area contributed by atoms with Crippen molar-refractivity contribution in [3.63, 3.8) is 0 Å². The highest BCUT2D eigenvalue weighted by atomic mass is 16.3. The maximum atomic E-state index is 6.13. The number of rotatable bonds is 5. The van der Waals surface area contributed by atoms with Crippen LogP contribution in [-0.2, 0) is 6.54 Å². The van der Waals surface area contributed by atoms with Crippen molar-refractivity contribution in [1.29, 1.82) is 0 Å². The third-order valence-electron chi connectivity index (χ3n) is 5.63. The van der Waals surface area contributed by atoms with Gasteiger partial charge in [0.2, 0.25) is 0 Å². The van der Waals surface area contributed by atoms with Crippen LogP contribution in [0.2, 0.25) is 0 Å². The lowest BCUT2D eigenvalue weighted by molar-refractivity contribution is 0.312. The summed E-state index contributed by atoms with van der Waals surface area (Å²) in [7, 11) is 2.16. The number of benzene rings is 1. The molecule has 0 bridgehead atoms. The maximum Gasteiger partial charge on any atom is 0.194 e. The topological polar surface area (TPSA) is 63.2 Å². The number of nitrogens with zero attached hydrogens (tertiary/aromatic N) is 6. The molecule has 0 radical (unpaired) electrons. The van der Waals surface area contributed by atoms with Crippen LogP contribution in [0.4, 0.5) is 5.82 Å². The van der Waals surface area contributed by atoms with Crippen LogP contribution in [0.1, 0.15) is 25.2 Å². The Morgan fingerprint density at radius 1 is 0.909 bits per heavy atom. The first-order valence-electron chi connectivity index (χ1n) is 11.6. The van der Waals surface area contributed by atoms with E-state index in [0.29, 0.717) is 12.3 Å². The van der Waals surface area contributed by atoms with E-state index in [-0.39, 0.29) is 0 Å². The minimum absolute atomic E-state index is 0.612. The zero-order valence-corrected chi connectivity index (χ0v) is 19.9. The van der Waals surface area contributed by atoms with Gasteiger partial charge in [-0.05, 0) is 43.8 Å². The fraction of sp³-hybridized carbons (Fsp3) is 0.346. The van der Waals surface area contributed by atoms with Gasteiger partial charge >= 0.3 is 0 Å². The van der Waals surface area contributed by atoms with Crippen LogP contribution in [0.5, 0.6) is 0 Å². The Balaban J connectivity index is 0.00000126. The lowest BCUT2D eigenvalue weighted by Crippen LogP contribution is -2.44. The summed E-state index contributed by atoms with van der Waals surface area (Å²) < 4.78 is 8.04. The van der Waals surface area contributed by atoms with E-state index < -0.39 is 0 Å². The number of pyridine rings is 1. The number of anilines is 1. The number of aromatic nitrogens is 4. The summed E-state index contributed by atoms with van der Waals surface area (Å²) in [6, 6.07) is 18.2. The SMILES string of the molecule is CC.Cc1nc(-c2ccc(-c3ccccc3)o2)n(Cc2ccnc(N3CCN(C)CC3)c2)n1. The molecule has 5 rings (SSSR count). The van der Waals surface area contributed by atoms with Gasteiger partial charge in [-0.1, -0.05) is 44.2 Å². The van der Waals surface area contributed by atoms with Crippen molar-refractivity contribution in [3.8, 4) is 22.9 Å². The highest BCUT2D eigenvalue weighted by Crippen LogP contribution is 2.28. The molecule has 7 heteroatoms. The van der Waals surface area contributed by atoms with Gasteiger partial charge in [-0.3, -0.25) is 0 Å². The summed E-state index contributed by atoms with van der Waals surface area (Å²) in [5.41, 5.74) is 2.19. The molecule has 33 heavy (non-hydrogen) atoms. The Hall–Kier alpha value is -3.45. The Morgan fingerprint density at radius 3 is 2.39 bits per heavy atom. The molecule has 0 amide bonds. The van der Waals surface area contributed by atoms with Gasteiger partial charge in [0.1, 0.15) is 17.4 Å². The monoisotopic (exact) mass is 444 g/mol. The lowest BCUT2D eigenvalue weighted by Gasteiger charge is -2.33. The van der Waals surface area contributed by atoms with Crippen LogP contribution in [0, 0.1) is 6.92 Å². The number of furan rings is 1. The van der Waals surface area contributed by atoms with Crippen molar-refractivity contribution in [2.75, 3.05) is 38.1 Å². The molecule has 1 fully saturated rings. The molecule has 4 aromatic rings. The first-order valence-corrected chi connectivity index (χ1v) is 11.6. The van der Waals surface area contributed by atoms with Gasteiger partial charge in [0, 0.05) is 37.9 Å². The average molecular weight is 445 g/mol. The summed E-state index contributed by atoms with van der Waals surface area (Å²) >= 11 is 0. The zero-order chi connectivity index (χ0) is 23.2. The molecule has 4 heterocycles. The van der Waals surface area contributed by atoms with Crippen molar-refractivity contribution < 1.29 is 4.42 Å². The van der Waals surface area contributed by atoms with Crippen LogP contribution >= 0.6 is 0 Å². The molecule has 7 nitrogen and oxygen atoms in total. The van der Waals surface area contributed by atoms with Crippen molar-refractivity contribution in [2.24, 2.45) is 0 Å². The Morgan fingerprint density at radius 2 is 1.64 bits per heavy atom. The van der Waals surface area contributed by atoms with Crippen LogP contribution in [0.25, 0.3) is 22.9 Å². The van der Waals surface area contributed by atoms with Gasteiger partial charge in [-0.25, -0.2) is 14.6 Å². The predicted molar refractivity (Wildman–Crippen MR) is 132 cm³/mol. The first-order chi connectivity index (χ1) is 16.2. The molecule has 0 spiro atoms. The van der Waals surface area contributed by atoms with E-state index in [4.69, 9.17) is 4.42 Å². The second-order valence-electron chi connectivity index (χ2n) is 7.98. The van der Waals surface area contributed by atoms with E-state index in [9.17, 15) is 0 Å². The Labute approximate surface area is 195 Å². The average Bonchev–Trinajstić information content (AvgIpc) is 3.48. The molecular formula is C26H32N6O. The number of likely N-dealkylation sites (N-methyl/N-ethyl adjacent to an activating group) is 1. The summed E-state index contributed by atoms with van der Waals surface area (Å²) in [5.74, 6) is 4.02. The van der Waals surface area contributed by atoms with E-state index in [2.05, 4.69) is 38.0 Å². The molecule has 1 aromatic carbocycles. The van der Waals surface area contributed by atoms with Crippen LogP contribution in [0.3, 0.4) is 0 Å². The lowest BCUT2D eigenvalue weighted by atomic mass is 10.2. The third-order valence-corrected chi connectivity index (χ3v) is 5.63. The predicted octanol–water partition coefficient (Wildman–Crippen LogP) is 4.73. The van der Waals surface area contributed by atoms with Crippen molar-refractivity contribution in [1.82, 2.24) is 24.6 Å². The zero-order valence-electron chi connectivity index (χ0n) is 19.9. The van der Waals surface area contributed by atoms with E-state index in [0.717, 1.165) is 60.5 Å². The maximum absolute atomic E-state index is 6.13. The Kier molecular flexibility index (Phi) is 7.19. The van der Waals surface area contributed by atoms with E-state index >= 15 is 0 Å². The van der Waals surface area contributed by atoms with Crippen LogP contribution in [-0.4, -0.2) is 57.9 Å². The highest BCUT2D eigenvalue weighted by molar-refractivity contribution is 5.61. The minimum Gasteiger partial charge on any atom is -0.453 e. The fourth-order valence-corrected chi connectivity index (χ4v) is 3.90. The minimum atomic E-state index is 0.612. The van der Waals surface area contributed by atoms with Gasteiger partial charge in [-0.15, -0.1) is 0 Å². The smallest absolute Gasteiger partial charge is 0.194 e. The molecule has 0 atom stereocenters. The van der Waals surface area contributed by atoms with Gasteiger partial charge in [0.25, 0.3) is 0 Å². The standard InChI is InChI=1S/C24H26N6O.C2H6/c1-18-26-24(22-9-8-21(31-22)20-6-4-3-5-7-20)30(27-18)17-19-10-11-25-23(16-19)29-14-12-28(2)13-15-29;1-2/h3-11,16H,12-15,17H2,1-2H3;1-2H3. The van der Waals surface area contributed by atoms with E-state index in [1.807, 2.05) is 80.2 Å². The van der Waals surface area contributed by atoms with Crippen LogP contribution < -0.4 is 4.90 Å². The van der Waals surface area contributed by atoms with Crippen molar-refractivity contribution in [3.05, 3.63) is 72.2 Å². The molecule has 0 aliphatic carbocycles. The third kappa shape index (κ3) is 5.31. The van der Waals surface area contributed by atoms with Crippen LogP contribution in [0.15, 0.2) is 65.2 Å². The van der Waals surface area contributed by atoms with E-state index in [1.165, 1.54) is 0 Å². The molecule has 3 aromatic heterocycles. The first kappa shape index (κ1) is 22.7. The van der Waals surface area contributed by atoms with E-state index in [1.54, 1.807) is 0 Å². The molecule has 0 unspecified atom stereocenters. The number of hydrogen-bond donors (Lipinski definition) is 0. The summed E-state index contributed by atoms with van der Waals surface area (Å²) in [6.45, 7) is 10.6. The summed E-state index contributed by atoms with van der Waals surface area (Å²) in [6.07, 6.45) is 1.88. The van der Waals surface area contributed by atoms with Gasteiger partial charge < -0.3 is 14.2 Å². The molecule has 172 valence electrons. The number of aryl methyl sites for hydroxylation is 1. The summed E-state index contributed by atoms with van der Waals surface area (Å²) in [5, 5.41) is 4.62. The quantitative estimate of drug-likeness (QED) is 0.443. The molecule has 1 aliphatic rings. The number of hydrogen-bond acceptors (Lipinski definition) is 6. The molecule has 1 saturated heterocycles. The highest BCUT2D eigenvalue weighted by Gasteiger charge is 2.18. The number of piperazine rings is 1. The second kappa shape index (κ2) is 10.4. The summed E-state index contributed by atoms with van der Waals surface area (Å²) in [4.78, 5) is 13.9. The molecule has 0 N–H and O–H groups in total. The normalized spacial score (nSPS) is 14.1. The van der Waals surface area contributed by atoms with Crippen molar-refractivity contribution in [2.45, 2.75) is 27.3 Å². The van der Waals surface area contributed by atoms with Gasteiger partial charge in [0.05, 0.1) is 6.54 Å². The fourth-order valence-electron chi connectivity index (χ4n) is 3.90. The molecule has 1 aliphatic heterocycles. The largest absolute Gasteiger partial charge is 0.453 e. The van der Waals surface area contributed by atoms with Gasteiger partial charge in [0.15, 0.2) is 11.6 Å². The second-order valence-corrected chi connectivity index (χ2v) is 7.98. The molecular weight excluding hydrogens is 412 g/mol. The molecule has 0 saturated carbocycles. The van der Waals surface area contributed by atoms with Crippen molar-refractivity contribution >= 4 is 5.82 Å². The van der Waals surface area contributed by atoms with Gasteiger partial charge in [-0.2, -0.15) is 5.10 Å².